The van der Waals surface area contributed by atoms with Crippen molar-refractivity contribution in [1.82, 2.24) is 35.2 Å². The first kappa shape index (κ1) is 20.8. The lowest BCUT2D eigenvalue weighted by Gasteiger charge is -2.14. The summed E-state index contributed by atoms with van der Waals surface area (Å²) in [6.45, 7) is 7.08. The molecule has 0 spiro atoms. The molecule has 2 aromatic carbocycles. The summed E-state index contributed by atoms with van der Waals surface area (Å²) in [6.07, 6.45) is 2.73. The number of H-pyrrole nitrogens is 1. The van der Waals surface area contributed by atoms with Crippen LogP contribution in [0, 0.1) is 6.92 Å². The zero-order chi connectivity index (χ0) is 22.9. The van der Waals surface area contributed by atoms with Crippen molar-refractivity contribution in [2.75, 3.05) is 5.73 Å². The second kappa shape index (κ2) is 8.46. The van der Waals surface area contributed by atoms with Gasteiger partial charge in [-0.3, -0.25) is 0 Å². The number of nitrogens with one attached hydrogen (secondary N) is 1. The molecule has 0 saturated heterocycles. The van der Waals surface area contributed by atoms with Gasteiger partial charge in [-0.25, -0.2) is 9.97 Å². The highest BCUT2D eigenvalue weighted by Crippen LogP contribution is 2.31. The number of nitrogen functional groups attached to an aromatic ring is 1. The predicted molar refractivity (Wildman–Crippen MR) is 130 cm³/mol. The fourth-order valence-corrected chi connectivity index (χ4v) is 4.10. The average Bonchev–Trinajstić information content (AvgIpc) is 3.51. The molecule has 0 bridgehead atoms. The van der Waals surface area contributed by atoms with Crippen LogP contribution in [0.1, 0.15) is 43.1 Å². The van der Waals surface area contributed by atoms with E-state index in [0.717, 1.165) is 45.7 Å². The van der Waals surface area contributed by atoms with Crippen molar-refractivity contribution >= 4 is 16.9 Å². The monoisotopic (exact) mass is 438 g/mol. The number of aryl methyl sites for hydroxylation is 1. The lowest BCUT2D eigenvalue weighted by Crippen LogP contribution is -2.08. The molecule has 8 nitrogen and oxygen atoms in total. The summed E-state index contributed by atoms with van der Waals surface area (Å²) in [5.41, 5.74) is 13.8. The van der Waals surface area contributed by atoms with Gasteiger partial charge in [0, 0.05) is 17.0 Å². The molecule has 1 unspecified atom stereocenters. The fourth-order valence-electron chi connectivity index (χ4n) is 4.10. The fraction of sp³-hybridized carbons (Fsp3) is 0.240. The summed E-state index contributed by atoms with van der Waals surface area (Å²) in [5.74, 6) is 1.94. The maximum absolute atomic E-state index is 6.10. The van der Waals surface area contributed by atoms with Crippen LogP contribution in [0.25, 0.3) is 33.7 Å². The van der Waals surface area contributed by atoms with Crippen molar-refractivity contribution < 1.29 is 0 Å². The van der Waals surface area contributed by atoms with Gasteiger partial charge in [-0.15, -0.1) is 10.2 Å². The highest BCUT2D eigenvalue weighted by Gasteiger charge is 2.19. The van der Waals surface area contributed by atoms with Crippen molar-refractivity contribution in [2.45, 2.75) is 39.7 Å². The molecule has 1 atom stereocenters. The molecular formula is C25H26N8. The van der Waals surface area contributed by atoms with Gasteiger partial charge < -0.3 is 10.3 Å². The van der Waals surface area contributed by atoms with Crippen LogP contribution in [0.5, 0.6) is 0 Å². The zero-order valence-electron chi connectivity index (χ0n) is 18.9. The Morgan fingerprint density at radius 2 is 1.82 bits per heavy atom. The lowest BCUT2D eigenvalue weighted by molar-refractivity contribution is 0.625. The summed E-state index contributed by atoms with van der Waals surface area (Å²) < 4.78 is 2.22. The summed E-state index contributed by atoms with van der Waals surface area (Å²) in [5, 5.41) is 14.5. The van der Waals surface area contributed by atoms with Gasteiger partial charge in [-0.2, -0.15) is 5.21 Å². The minimum Gasteiger partial charge on any atom is -0.397 e. The molecule has 0 radical (unpaired) electrons. The molecule has 3 aromatic heterocycles. The number of benzene rings is 2. The minimum absolute atomic E-state index is 0.320. The minimum atomic E-state index is 0.320. The van der Waals surface area contributed by atoms with E-state index in [-0.39, 0.29) is 0 Å². The second-order valence-electron chi connectivity index (χ2n) is 8.35. The van der Waals surface area contributed by atoms with Crippen molar-refractivity contribution in [3.63, 3.8) is 0 Å². The number of pyridine rings is 1. The Labute approximate surface area is 191 Å². The number of aromatic nitrogens is 7. The molecule has 0 amide bonds. The van der Waals surface area contributed by atoms with Crippen LogP contribution in [0.3, 0.4) is 0 Å². The average molecular weight is 439 g/mol. The number of aromatic amines is 1. The normalized spacial score (nSPS) is 12.3. The highest BCUT2D eigenvalue weighted by atomic mass is 15.5. The molecule has 3 heterocycles. The zero-order valence-corrected chi connectivity index (χ0v) is 18.9. The van der Waals surface area contributed by atoms with Crippen molar-refractivity contribution in [2.24, 2.45) is 0 Å². The van der Waals surface area contributed by atoms with E-state index in [1.807, 2.05) is 25.1 Å². The summed E-state index contributed by atoms with van der Waals surface area (Å²) in [7, 11) is 0. The molecule has 0 aliphatic heterocycles. The van der Waals surface area contributed by atoms with Crippen LogP contribution >= 0.6 is 0 Å². The maximum atomic E-state index is 6.10. The Morgan fingerprint density at radius 1 is 1.06 bits per heavy atom. The van der Waals surface area contributed by atoms with E-state index in [9.17, 15) is 0 Å². The smallest absolute Gasteiger partial charge is 0.205 e. The molecule has 0 aliphatic carbocycles. The first-order valence-corrected chi connectivity index (χ1v) is 11.1. The highest BCUT2D eigenvalue weighted by molar-refractivity contribution is 5.81. The molecule has 8 heteroatoms. The van der Waals surface area contributed by atoms with Crippen LogP contribution in [-0.2, 0) is 6.54 Å². The quantitative estimate of drug-likeness (QED) is 0.396. The van der Waals surface area contributed by atoms with Crippen molar-refractivity contribution in [3.05, 3.63) is 71.7 Å². The third kappa shape index (κ3) is 3.73. The van der Waals surface area contributed by atoms with Gasteiger partial charge in [-0.1, -0.05) is 62.4 Å². The van der Waals surface area contributed by atoms with Gasteiger partial charge in [-0.05, 0) is 35.2 Å². The predicted octanol–water partition coefficient (Wildman–Crippen LogP) is 4.73. The topological polar surface area (TPSA) is 111 Å². The summed E-state index contributed by atoms with van der Waals surface area (Å²) in [6, 6.07) is 16.6. The van der Waals surface area contributed by atoms with E-state index < -0.39 is 0 Å². The molecule has 166 valence electrons. The van der Waals surface area contributed by atoms with Crippen LogP contribution in [0.4, 0.5) is 5.69 Å². The molecule has 0 fully saturated rings. The van der Waals surface area contributed by atoms with E-state index in [0.29, 0.717) is 24.0 Å². The van der Waals surface area contributed by atoms with E-state index >= 15 is 0 Å². The molecule has 0 aliphatic rings. The molecule has 3 N–H and O–H groups in total. The van der Waals surface area contributed by atoms with Gasteiger partial charge in [0.05, 0.1) is 18.4 Å². The van der Waals surface area contributed by atoms with Crippen LogP contribution in [0.2, 0.25) is 0 Å². The van der Waals surface area contributed by atoms with Crippen molar-refractivity contribution in [1.29, 1.82) is 0 Å². The maximum Gasteiger partial charge on any atom is 0.205 e. The van der Waals surface area contributed by atoms with E-state index in [1.54, 1.807) is 6.20 Å². The van der Waals surface area contributed by atoms with Crippen molar-refractivity contribution in [3.8, 4) is 22.5 Å². The van der Waals surface area contributed by atoms with Gasteiger partial charge >= 0.3 is 0 Å². The number of nitrogens with two attached hydrogens (primary N) is 1. The SMILES string of the molecule is CCC(C)c1nc2c(C)c(N)cnc2n1Cc1ccc(-c2ccccc2-c2nn[nH]n2)cc1. The third-order valence-electron chi connectivity index (χ3n) is 6.26. The first-order valence-electron chi connectivity index (χ1n) is 11.1. The Bertz CT molecular complexity index is 1400. The van der Waals surface area contributed by atoms with Crippen LogP contribution in [-0.4, -0.2) is 35.2 Å². The number of fused-ring (bicyclic) bond motifs is 1. The Balaban J connectivity index is 1.52. The lowest BCUT2D eigenvalue weighted by atomic mass is 9.98. The summed E-state index contributed by atoms with van der Waals surface area (Å²) >= 11 is 0. The number of imidazole rings is 1. The standard InChI is InChI=1S/C25H26N8/c1-4-15(2)24-28-22-16(3)21(26)13-27-25(22)33(24)14-17-9-11-18(12-10-17)19-7-5-6-8-20(19)23-29-31-32-30-23/h5-13,15H,4,14,26H2,1-3H3,(H,29,30,31,32). The summed E-state index contributed by atoms with van der Waals surface area (Å²) in [4.78, 5) is 9.58. The molecule has 33 heavy (non-hydrogen) atoms. The number of rotatable bonds is 6. The van der Waals surface area contributed by atoms with Crippen LogP contribution in [0.15, 0.2) is 54.7 Å². The molecule has 0 saturated carbocycles. The number of nitrogens with zero attached hydrogens (tertiary/aromatic N) is 6. The Morgan fingerprint density at radius 3 is 2.52 bits per heavy atom. The number of hydrogen-bond donors (Lipinski definition) is 2. The van der Waals surface area contributed by atoms with Gasteiger partial charge in [0.15, 0.2) is 5.65 Å². The largest absolute Gasteiger partial charge is 0.397 e. The van der Waals surface area contributed by atoms with Crippen LogP contribution < -0.4 is 5.73 Å². The second-order valence-corrected chi connectivity index (χ2v) is 8.35. The third-order valence-corrected chi connectivity index (χ3v) is 6.26. The Kier molecular flexibility index (Phi) is 5.34. The number of anilines is 1. The number of tetrazole rings is 1. The van der Waals surface area contributed by atoms with E-state index in [1.165, 1.54) is 5.56 Å². The van der Waals surface area contributed by atoms with Gasteiger partial charge in [0.25, 0.3) is 0 Å². The van der Waals surface area contributed by atoms with E-state index in [2.05, 4.69) is 74.4 Å². The Hall–Kier alpha value is -4.07. The molecular weight excluding hydrogens is 412 g/mol. The van der Waals surface area contributed by atoms with Gasteiger partial charge in [0.2, 0.25) is 5.82 Å². The molecule has 5 rings (SSSR count). The van der Waals surface area contributed by atoms with Gasteiger partial charge in [0.1, 0.15) is 11.3 Å². The first-order chi connectivity index (χ1) is 16.1. The van der Waals surface area contributed by atoms with E-state index in [4.69, 9.17) is 10.7 Å². The molecule has 5 aromatic rings. The number of hydrogen-bond acceptors (Lipinski definition) is 6.